The van der Waals surface area contributed by atoms with Crippen LogP contribution in [0.3, 0.4) is 0 Å². The zero-order valence-corrected chi connectivity index (χ0v) is 16.0. The number of rotatable bonds is 3. The molecule has 0 N–H and O–H groups in total. The van der Waals surface area contributed by atoms with Crippen LogP contribution in [-0.4, -0.2) is 59.0 Å². The van der Waals surface area contributed by atoms with E-state index in [9.17, 15) is 31.5 Å². The van der Waals surface area contributed by atoms with Crippen LogP contribution in [0.25, 0.3) is 0 Å². The third-order valence-electron chi connectivity index (χ3n) is 5.22. The van der Waals surface area contributed by atoms with E-state index in [0.717, 1.165) is 24.9 Å². The highest BCUT2D eigenvalue weighted by atomic mass is 19.4. The van der Waals surface area contributed by atoms with Gasteiger partial charge in [-0.2, -0.15) is 13.2 Å². The van der Waals surface area contributed by atoms with Crippen LogP contribution < -0.4 is 0 Å². The van der Waals surface area contributed by atoms with E-state index in [1.807, 2.05) is 0 Å². The summed E-state index contributed by atoms with van der Waals surface area (Å²) >= 11 is 0. The van der Waals surface area contributed by atoms with Crippen molar-refractivity contribution in [1.29, 1.82) is 0 Å². The Labute approximate surface area is 159 Å². The minimum Gasteiger partial charge on any atom is -0.342 e. The lowest BCUT2D eigenvalue weighted by molar-refractivity contribution is -0.218. The molecule has 5 nitrogen and oxygen atoms in total. The number of aromatic nitrogens is 1. The molecule has 1 aliphatic heterocycles. The molecule has 2 amide bonds. The lowest BCUT2D eigenvalue weighted by Gasteiger charge is -2.43. The van der Waals surface area contributed by atoms with E-state index < -0.39 is 46.8 Å². The first kappa shape index (κ1) is 22.0. The molecule has 0 bridgehead atoms. The Balaban J connectivity index is 2.11. The third kappa shape index (κ3) is 4.10. The molecule has 2 unspecified atom stereocenters. The van der Waals surface area contributed by atoms with Crippen molar-refractivity contribution in [1.82, 2.24) is 14.8 Å². The fraction of sp³-hybridized carbons (Fsp3) is 0.611. The Bertz CT molecular complexity index is 766. The molecule has 1 aromatic heterocycles. The van der Waals surface area contributed by atoms with Crippen LogP contribution in [-0.2, 0) is 4.79 Å². The molecule has 2 atom stereocenters. The Morgan fingerprint density at radius 3 is 2.36 bits per heavy atom. The summed E-state index contributed by atoms with van der Waals surface area (Å²) < 4.78 is 66.2. The Morgan fingerprint density at radius 1 is 1.25 bits per heavy atom. The lowest BCUT2D eigenvalue weighted by Crippen LogP contribution is -2.56. The van der Waals surface area contributed by atoms with E-state index in [1.54, 1.807) is 6.92 Å². The van der Waals surface area contributed by atoms with Gasteiger partial charge in [0.15, 0.2) is 11.5 Å². The van der Waals surface area contributed by atoms with Crippen molar-refractivity contribution in [2.45, 2.75) is 39.4 Å². The molecule has 0 saturated carbocycles. The zero-order chi connectivity index (χ0) is 21.4. The molecular weight excluding hydrogens is 385 g/mol. The van der Waals surface area contributed by atoms with Crippen molar-refractivity contribution in [3.05, 3.63) is 29.6 Å². The van der Waals surface area contributed by atoms with E-state index in [1.165, 1.54) is 11.9 Å². The van der Waals surface area contributed by atoms with Crippen molar-refractivity contribution in [3.63, 3.8) is 0 Å². The maximum Gasteiger partial charge on any atom is 0.402 e. The Hall–Kier alpha value is -2.26. The highest BCUT2D eigenvalue weighted by Crippen LogP contribution is 2.40. The summed E-state index contributed by atoms with van der Waals surface area (Å²) in [5.74, 6) is -4.14. The number of piperidine rings is 1. The lowest BCUT2D eigenvalue weighted by atomic mass is 9.87. The molecule has 156 valence electrons. The Kier molecular flexibility index (Phi) is 6.01. The molecule has 28 heavy (non-hydrogen) atoms. The van der Waals surface area contributed by atoms with Crippen molar-refractivity contribution in [2.24, 2.45) is 11.3 Å². The van der Waals surface area contributed by atoms with Gasteiger partial charge < -0.3 is 9.80 Å². The molecule has 1 saturated heterocycles. The summed E-state index contributed by atoms with van der Waals surface area (Å²) in [6.07, 6.45) is -3.72. The summed E-state index contributed by atoms with van der Waals surface area (Å²) in [4.78, 5) is 30.7. The first-order valence-electron chi connectivity index (χ1n) is 8.71. The average Bonchev–Trinajstić information content (AvgIpc) is 2.58. The van der Waals surface area contributed by atoms with E-state index in [0.29, 0.717) is 6.07 Å². The molecule has 2 heterocycles. The van der Waals surface area contributed by atoms with Crippen molar-refractivity contribution >= 4 is 11.8 Å². The molecular formula is C18H22F5N3O2. The second kappa shape index (κ2) is 7.63. The summed E-state index contributed by atoms with van der Waals surface area (Å²) in [5, 5.41) is 0. The van der Waals surface area contributed by atoms with Gasteiger partial charge in [0.2, 0.25) is 5.91 Å². The number of amides is 2. The van der Waals surface area contributed by atoms with Gasteiger partial charge in [-0.1, -0.05) is 6.92 Å². The number of carbonyl (C=O) groups is 2. The smallest absolute Gasteiger partial charge is 0.342 e. The van der Waals surface area contributed by atoms with Gasteiger partial charge >= 0.3 is 6.18 Å². The number of hydrogen-bond acceptors (Lipinski definition) is 3. The highest BCUT2D eigenvalue weighted by molar-refractivity contribution is 5.92. The van der Waals surface area contributed by atoms with Gasteiger partial charge in [0.25, 0.3) is 5.91 Å². The van der Waals surface area contributed by atoms with E-state index in [2.05, 4.69) is 4.98 Å². The molecule has 1 aliphatic rings. The molecule has 0 spiro atoms. The molecule has 1 fully saturated rings. The van der Waals surface area contributed by atoms with Crippen LogP contribution in [0.2, 0.25) is 0 Å². The number of alkyl halides is 3. The van der Waals surface area contributed by atoms with Crippen LogP contribution in [0.1, 0.15) is 37.7 Å². The van der Waals surface area contributed by atoms with Crippen molar-refractivity contribution < 1.29 is 31.5 Å². The topological polar surface area (TPSA) is 53.5 Å². The summed E-state index contributed by atoms with van der Waals surface area (Å²) in [5.41, 5.74) is -3.05. The molecule has 10 heteroatoms. The van der Waals surface area contributed by atoms with E-state index in [-0.39, 0.29) is 25.4 Å². The highest BCUT2D eigenvalue weighted by Gasteiger charge is 2.55. The second-order valence-electron chi connectivity index (χ2n) is 7.61. The quantitative estimate of drug-likeness (QED) is 0.723. The summed E-state index contributed by atoms with van der Waals surface area (Å²) in [6.45, 7) is 3.43. The Morgan fingerprint density at radius 2 is 1.86 bits per heavy atom. The van der Waals surface area contributed by atoms with Gasteiger partial charge in [0, 0.05) is 32.2 Å². The summed E-state index contributed by atoms with van der Waals surface area (Å²) in [6, 6.07) is 0.120. The third-order valence-corrected chi connectivity index (χ3v) is 5.22. The standard InChI is InChI=1S/C18H22F5N3O2/c1-10-9-26(16(28)17(2,3)18(21,22)23)6-5-13(10)25(4)15(27)14-12(20)7-11(19)8-24-14/h7-8,10,13H,5-6,9H2,1-4H3. The fourth-order valence-corrected chi connectivity index (χ4v) is 3.30. The van der Waals surface area contributed by atoms with Gasteiger partial charge in [-0.3, -0.25) is 9.59 Å². The maximum absolute atomic E-state index is 13.8. The number of halogens is 5. The van der Waals surface area contributed by atoms with Crippen LogP contribution in [0, 0.1) is 23.0 Å². The largest absolute Gasteiger partial charge is 0.402 e. The van der Waals surface area contributed by atoms with Crippen LogP contribution in [0.15, 0.2) is 12.3 Å². The minimum atomic E-state index is -4.68. The van der Waals surface area contributed by atoms with Crippen LogP contribution in [0.5, 0.6) is 0 Å². The number of likely N-dealkylation sites (tertiary alicyclic amines) is 1. The number of carbonyl (C=O) groups excluding carboxylic acids is 2. The van der Waals surface area contributed by atoms with E-state index in [4.69, 9.17) is 0 Å². The molecule has 1 aromatic rings. The molecule has 0 radical (unpaired) electrons. The SMILES string of the molecule is CC1CN(C(=O)C(C)(C)C(F)(F)F)CCC1N(C)C(=O)c1ncc(F)cc1F. The van der Waals surface area contributed by atoms with Gasteiger partial charge in [0.1, 0.15) is 11.2 Å². The monoisotopic (exact) mass is 407 g/mol. The van der Waals surface area contributed by atoms with Gasteiger partial charge in [-0.15, -0.1) is 0 Å². The number of hydrogen-bond donors (Lipinski definition) is 0. The maximum atomic E-state index is 13.8. The molecule has 0 aliphatic carbocycles. The number of pyridine rings is 1. The first-order valence-corrected chi connectivity index (χ1v) is 8.71. The average molecular weight is 407 g/mol. The zero-order valence-electron chi connectivity index (χ0n) is 16.0. The molecule has 2 rings (SSSR count). The van der Waals surface area contributed by atoms with Crippen molar-refractivity contribution in [3.8, 4) is 0 Å². The number of nitrogens with zero attached hydrogens (tertiary/aromatic N) is 3. The second-order valence-corrected chi connectivity index (χ2v) is 7.61. The minimum absolute atomic E-state index is 0.0277. The van der Waals surface area contributed by atoms with Gasteiger partial charge in [-0.25, -0.2) is 13.8 Å². The van der Waals surface area contributed by atoms with Gasteiger partial charge in [0.05, 0.1) is 6.20 Å². The summed E-state index contributed by atoms with van der Waals surface area (Å²) in [7, 11) is 1.42. The van der Waals surface area contributed by atoms with Crippen LogP contribution in [0.4, 0.5) is 22.0 Å². The first-order chi connectivity index (χ1) is 12.8. The predicted octanol–water partition coefficient (Wildman–Crippen LogP) is 3.26. The van der Waals surface area contributed by atoms with E-state index >= 15 is 0 Å². The predicted molar refractivity (Wildman–Crippen MR) is 90.2 cm³/mol. The molecule has 0 aromatic carbocycles. The van der Waals surface area contributed by atoms with Crippen molar-refractivity contribution in [2.75, 3.05) is 20.1 Å². The van der Waals surface area contributed by atoms with Crippen LogP contribution >= 0.6 is 0 Å². The fourth-order valence-electron chi connectivity index (χ4n) is 3.30. The van der Waals surface area contributed by atoms with Gasteiger partial charge in [-0.05, 0) is 26.2 Å². The normalized spacial score (nSPS) is 20.8.